The van der Waals surface area contributed by atoms with E-state index < -0.39 is 0 Å². The fourth-order valence-corrected chi connectivity index (χ4v) is 3.87. The molecule has 5 aromatic carbocycles. The minimum atomic E-state index is 0.0694. The second-order valence-corrected chi connectivity index (χ2v) is 8.84. The molecule has 0 saturated heterocycles. The van der Waals surface area contributed by atoms with E-state index in [-0.39, 0.29) is 5.78 Å². The third kappa shape index (κ3) is 6.55. The highest BCUT2D eigenvalue weighted by atomic mass is 16.1. The number of rotatable bonds is 4. The summed E-state index contributed by atoms with van der Waals surface area (Å²) in [6.07, 6.45) is 0. The van der Waals surface area contributed by atoms with E-state index in [2.05, 4.69) is 18.2 Å². The molecule has 0 atom stereocenters. The number of nitrogens with two attached hydrogens (primary N) is 4. The zero-order chi connectivity index (χ0) is 26.4. The summed E-state index contributed by atoms with van der Waals surface area (Å²) >= 11 is 0. The number of benzene rings is 5. The first-order chi connectivity index (χ1) is 17.8. The number of ketones is 1. The van der Waals surface area contributed by atoms with Crippen molar-refractivity contribution in [1.29, 1.82) is 0 Å². The highest BCUT2D eigenvalue weighted by Crippen LogP contribution is 2.33. The van der Waals surface area contributed by atoms with Crippen LogP contribution in [-0.4, -0.2) is 5.78 Å². The molecule has 0 aliphatic carbocycles. The predicted molar refractivity (Wildman–Crippen MR) is 157 cm³/mol. The van der Waals surface area contributed by atoms with Crippen LogP contribution in [0.1, 0.15) is 17.3 Å². The molecule has 5 rings (SSSR count). The van der Waals surface area contributed by atoms with Crippen LogP contribution in [0.5, 0.6) is 0 Å². The van der Waals surface area contributed by atoms with Crippen LogP contribution < -0.4 is 22.9 Å². The molecule has 5 aromatic rings. The summed E-state index contributed by atoms with van der Waals surface area (Å²) < 4.78 is 0. The van der Waals surface area contributed by atoms with Crippen molar-refractivity contribution in [1.82, 2.24) is 0 Å². The second-order valence-electron chi connectivity index (χ2n) is 8.84. The van der Waals surface area contributed by atoms with E-state index in [9.17, 15) is 4.79 Å². The summed E-state index contributed by atoms with van der Waals surface area (Å²) in [5, 5.41) is 0. The third-order valence-corrected chi connectivity index (χ3v) is 5.98. The van der Waals surface area contributed by atoms with Gasteiger partial charge in [-0.25, -0.2) is 0 Å². The molecule has 0 bridgehead atoms. The van der Waals surface area contributed by atoms with Crippen LogP contribution in [0.2, 0.25) is 0 Å². The Labute approximate surface area is 217 Å². The predicted octanol–water partition coefficient (Wildman–Crippen LogP) is 6.91. The van der Waals surface area contributed by atoms with Crippen LogP contribution in [0, 0.1) is 0 Å². The van der Waals surface area contributed by atoms with Gasteiger partial charge in [-0.2, -0.15) is 0 Å². The number of carbonyl (C=O) groups is 1. The van der Waals surface area contributed by atoms with Gasteiger partial charge < -0.3 is 22.9 Å². The van der Waals surface area contributed by atoms with Crippen LogP contribution in [0.3, 0.4) is 0 Å². The SMILES string of the molecule is CC(=O)c1ccc(N)cc1.Nc1ccc(-c2cc(-c3ccc(N)cc3)cc(-c3ccc(N)cc3)c2)cc1. The Morgan fingerprint density at radius 1 is 0.405 bits per heavy atom. The zero-order valence-electron chi connectivity index (χ0n) is 20.7. The van der Waals surface area contributed by atoms with Gasteiger partial charge in [0.2, 0.25) is 0 Å². The molecule has 0 aromatic heterocycles. The molecular weight excluding hydrogens is 456 g/mol. The van der Waals surface area contributed by atoms with E-state index in [1.54, 1.807) is 24.3 Å². The summed E-state index contributed by atoms with van der Waals surface area (Å²) in [7, 11) is 0. The first kappa shape index (κ1) is 25.1. The number of nitrogen functional groups attached to an aromatic ring is 4. The number of anilines is 4. The molecule has 0 radical (unpaired) electrons. The summed E-state index contributed by atoms with van der Waals surface area (Å²) in [5.74, 6) is 0.0694. The molecule has 0 fully saturated rings. The lowest BCUT2D eigenvalue weighted by Crippen LogP contribution is -1.91. The normalized spacial score (nSPS) is 10.3. The average Bonchev–Trinajstić information content (AvgIpc) is 2.90. The van der Waals surface area contributed by atoms with Crippen molar-refractivity contribution in [3.63, 3.8) is 0 Å². The van der Waals surface area contributed by atoms with Crippen LogP contribution >= 0.6 is 0 Å². The van der Waals surface area contributed by atoms with Gasteiger partial charge in [0.25, 0.3) is 0 Å². The van der Waals surface area contributed by atoms with Gasteiger partial charge in [0.1, 0.15) is 0 Å². The molecule has 0 aliphatic heterocycles. The Balaban J connectivity index is 0.000000270. The average molecular weight is 487 g/mol. The lowest BCUT2D eigenvalue weighted by atomic mass is 9.93. The van der Waals surface area contributed by atoms with Crippen molar-refractivity contribution in [3.8, 4) is 33.4 Å². The molecule has 0 saturated carbocycles. The fraction of sp³-hybridized carbons (Fsp3) is 0.0312. The highest BCUT2D eigenvalue weighted by molar-refractivity contribution is 5.94. The van der Waals surface area contributed by atoms with E-state index in [1.807, 2.05) is 72.8 Å². The van der Waals surface area contributed by atoms with Crippen LogP contribution in [-0.2, 0) is 0 Å². The Morgan fingerprint density at radius 2 is 0.649 bits per heavy atom. The van der Waals surface area contributed by atoms with E-state index in [0.717, 1.165) is 50.4 Å². The van der Waals surface area contributed by atoms with Crippen LogP contribution in [0.4, 0.5) is 22.7 Å². The van der Waals surface area contributed by atoms with Gasteiger partial charge >= 0.3 is 0 Å². The molecule has 0 heterocycles. The van der Waals surface area contributed by atoms with Crippen molar-refractivity contribution in [2.24, 2.45) is 0 Å². The van der Waals surface area contributed by atoms with Crippen LogP contribution in [0.25, 0.3) is 33.4 Å². The highest BCUT2D eigenvalue weighted by Gasteiger charge is 2.08. The minimum absolute atomic E-state index is 0.0694. The maximum absolute atomic E-state index is 10.7. The van der Waals surface area contributed by atoms with Gasteiger partial charge in [-0.05, 0) is 119 Å². The minimum Gasteiger partial charge on any atom is -0.399 e. The molecule has 5 nitrogen and oxygen atoms in total. The van der Waals surface area contributed by atoms with E-state index in [1.165, 1.54) is 6.92 Å². The molecular formula is C32H30N4O. The van der Waals surface area contributed by atoms with Gasteiger partial charge in [-0.15, -0.1) is 0 Å². The Bertz CT molecular complexity index is 1340. The van der Waals surface area contributed by atoms with Crippen molar-refractivity contribution in [3.05, 3.63) is 121 Å². The van der Waals surface area contributed by atoms with Crippen molar-refractivity contribution in [2.45, 2.75) is 6.92 Å². The van der Waals surface area contributed by atoms with E-state index >= 15 is 0 Å². The largest absolute Gasteiger partial charge is 0.399 e. The second kappa shape index (κ2) is 11.1. The maximum atomic E-state index is 10.7. The smallest absolute Gasteiger partial charge is 0.159 e. The van der Waals surface area contributed by atoms with Crippen molar-refractivity contribution in [2.75, 3.05) is 22.9 Å². The lowest BCUT2D eigenvalue weighted by Gasteiger charge is -2.12. The Kier molecular flexibility index (Phi) is 7.55. The molecule has 0 amide bonds. The lowest BCUT2D eigenvalue weighted by molar-refractivity contribution is 0.101. The van der Waals surface area contributed by atoms with Crippen molar-refractivity contribution >= 4 is 28.5 Å². The zero-order valence-corrected chi connectivity index (χ0v) is 20.7. The first-order valence-corrected chi connectivity index (χ1v) is 11.9. The van der Waals surface area contributed by atoms with E-state index in [4.69, 9.17) is 22.9 Å². The number of Topliss-reactive ketones (excluding diaryl/α,β-unsaturated/α-hetero) is 1. The molecule has 8 N–H and O–H groups in total. The molecule has 0 spiro atoms. The molecule has 184 valence electrons. The maximum Gasteiger partial charge on any atom is 0.159 e. The Hall–Kier alpha value is -5.03. The van der Waals surface area contributed by atoms with Gasteiger partial charge in [0.15, 0.2) is 5.78 Å². The monoisotopic (exact) mass is 486 g/mol. The third-order valence-electron chi connectivity index (χ3n) is 5.98. The summed E-state index contributed by atoms with van der Waals surface area (Å²) in [6.45, 7) is 1.53. The van der Waals surface area contributed by atoms with E-state index in [0.29, 0.717) is 11.3 Å². The van der Waals surface area contributed by atoms with Crippen LogP contribution in [0.15, 0.2) is 115 Å². The Morgan fingerprint density at radius 3 is 0.892 bits per heavy atom. The summed E-state index contributed by atoms with van der Waals surface area (Å²) in [4.78, 5) is 10.7. The summed E-state index contributed by atoms with van der Waals surface area (Å²) in [5.41, 5.74) is 33.4. The number of carbonyl (C=O) groups excluding carboxylic acids is 1. The van der Waals surface area contributed by atoms with Gasteiger partial charge in [-0.1, -0.05) is 36.4 Å². The van der Waals surface area contributed by atoms with Gasteiger partial charge in [0, 0.05) is 28.3 Å². The van der Waals surface area contributed by atoms with Gasteiger partial charge in [-0.3, -0.25) is 4.79 Å². The quantitative estimate of drug-likeness (QED) is 0.162. The first-order valence-electron chi connectivity index (χ1n) is 11.9. The number of hydrogen-bond acceptors (Lipinski definition) is 5. The van der Waals surface area contributed by atoms with Crippen molar-refractivity contribution < 1.29 is 4.79 Å². The molecule has 0 aliphatic rings. The standard InChI is InChI=1S/C24H21N3.C8H9NO/c25-22-7-1-16(2-8-22)19-13-20(17-3-9-23(26)10-4-17)15-21(14-19)18-5-11-24(27)12-6-18;1-6(10)7-2-4-8(9)5-3-7/h1-15H,25-27H2;2-5H,9H2,1H3. The van der Waals surface area contributed by atoms with Gasteiger partial charge in [0.05, 0.1) is 0 Å². The summed E-state index contributed by atoms with van der Waals surface area (Å²) in [6, 6.07) is 37.3. The number of hydrogen-bond donors (Lipinski definition) is 4. The fourth-order valence-electron chi connectivity index (χ4n) is 3.87. The molecule has 0 unspecified atom stereocenters. The molecule has 37 heavy (non-hydrogen) atoms. The topological polar surface area (TPSA) is 121 Å². The molecule has 5 heteroatoms.